The van der Waals surface area contributed by atoms with Crippen LogP contribution in [0, 0.1) is 23.2 Å². The van der Waals surface area contributed by atoms with Crippen LogP contribution in [0.5, 0.6) is 0 Å². The highest BCUT2D eigenvalue weighted by Gasteiger charge is 2.52. The largest absolute Gasteiger partial charge is 0.0651 e. The molecule has 0 radical (unpaired) electrons. The van der Waals surface area contributed by atoms with Crippen molar-refractivity contribution < 1.29 is 0 Å². The van der Waals surface area contributed by atoms with Crippen molar-refractivity contribution in [1.29, 1.82) is 0 Å². The zero-order valence-electron chi connectivity index (χ0n) is 8.06. The third kappa shape index (κ3) is 0.878. The van der Waals surface area contributed by atoms with Gasteiger partial charge >= 0.3 is 0 Å². The quantitative estimate of drug-likeness (QED) is 0.539. The molecule has 0 saturated heterocycles. The van der Waals surface area contributed by atoms with Gasteiger partial charge in [0.25, 0.3) is 0 Å². The standard InChI is InChI=1S/C11H20/c1-4-9-7-11(3)6-5-10(9)8(11)2/h8-10H,4-7H2,1-3H3. The smallest absolute Gasteiger partial charge is 0.0295 e. The van der Waals surface area contributed by atoms with Crippen molar-refractivity contribution in [3.05, 3.63) is 0 Å². The van der Waals surface area contributed by atoms with Gasteiger partial charge in [-0.1, -0.05) is 27.2 Å². The topological polar surface area (TPSA) is 0 Å². The second kappa shape index (κ2) is 2.24. The monoisotopic (exact) mass is 152 g/mol. The van der Waals surface area contributed by atoms with E-state index in [0.29, 0.717) is 0 Å². The Morgan fingerprint density at radius 1 is 1.45 bits per heavy atom. The molecule has 0 nitrogen and oxygen atoms in total. The second-order valence-electron chi connectivity index (χ2n) is 5.02. The van der Waals surface area contributed by atoms with Gasteiger partial charge in [0.15, 0.2) is 0 Å². The Morgan fingerprint density at radius 3 is 2.45 bits per heavy atom. The first-order chi connectivity index (χ1) is 5.17. The van der Waals surface area contributed by atoms with Crippen molar-refractivity contribution in [1.82, 2.24) is 0 Å². The van der Waals surface area contributed by atoms with Crippen LogP contribution < -0.4 is 0 Å². The number of rotatable bonds is 1. The van der Waals surface area contributed by atoms with Crippen LogP contribution in [-0.2, 0) is 0 Å². The van der Waals surface area contributed by atoms with Crippen LogP contribution in [0.15, 0.2) is 0 Å². The third-order valence-corrected chi connectivity index (χ3v) is 4.65. The lowest BCUT2D eigenvalue weighted by Gasteiger charge is -2.26. The lowest BCUT2D eigenvalue weighted by molar-refractivity contribution is 0.249. The van der Waals surface area contributed by atoms with Crippen LogP contribution in [0.25, 0.3) is 0 Å². The van der Waals surface area contributed by atoms with Gasteiger partial charge in [0.1, 0.15) is 0 Å². The molecule has 0 aromatic rings. The molecule has 2 saturated carbocycles. The van der Waals surface area contributed by atoms with E-state index in [2.05, 4.69) is 20.8 Å². The molecule has 64 valence electrons. The lowest BCUT2D eigenvalue weighted by atomic mass is 9.79. The van der Waals surface area contributed by atoms with Gasteiger partial charge in [0.2, 0.25) is 0 Å². The minimum atomic E-state index is 0.741. The van der Waals surface area contributed by atoms with Crippen molar-refractivity contribution in [3.8, 4) is 0 Å². The van der Waals surface area contributed by atoms with Crippen LogP contribution in [0.4, 0.5) is 0 Å². The first-order valence-corrected chi connectivity index (χ1v) is 5.17. The molecule has 2 rings (SSSR count). The van der Waals surface area contributed by atoms with Gasteiger partial charge in [-0.05, 0) is 42.4 Å². The van der Waals surface area contributed by atoms with Gasteiger partial charge in [0, 0.05) is 0 Å². The van der Waals surface area contributed by atoms with E-state index in [1.807, 2.05) is 0 Å². The lowest BCUT2D eigenvalue weighted by Crippen LogP contribution is -2.15. The summed E-state index contributed by atoms with van der Waals surface area (Å²) < 4.78 is 0. The molecule has 11 heavy (non-hydrogen) atoms. The average molecular weight is 152 g/mol. The van der Waals surface area contributed by atoms with Crippen LogP contribution >= 0.6 is 0 Å². The number of hydrogen-bond acceptors (Lipinski definition) is 0. The molecule has 0 aliphatic heterocycles. The first kappa shape index (κ1) is 7.64. The Labute approximate surface area is 70.4 Å². The van der Waals surface area contributed by atoms with E-state index in [0.717, 1.165) is 23.2 Å². The molecule has 2 bridgehead atoms. The van der Waals surface area contributed by atoms with Gasteiger partial charge < -0.3 is 0 Å². The van der Waals surface area contributed by atoms with E-state index in [1.165, 1.54) is 25.7 Å². The van der Waals surface area contributed by atoms with Gasteiger partial charge in [-0.15, -0.1) is 0 Å². The molecule has 0 amide bonds. The fraction of sp³-hybridized carbons (Fsp3) is 1.00. The van der Waals surface area contributed by atoms with Crippen molar-refractivity contribution in [2.75, 3.05) is 0 Å². The Morgan fingerprint density at radius 2 is 2.18 bits per heavy atom. The zero-order chi connectivity index (χ0) is 8.06. The van der Waals surface area contributed by atoms with Gasteiger partial charge in [0.05, 0.1) is 0 Å². The summed E-state index contributed by atoms with van der Waals surface area (Å²) in [6.45, 7) is 7.35. The maximum atomic E-state index is 2.51. The molecule has 0 aromatic carbocycles. The van der Waals surface area contributed by atoms with E-state index < -0.39 is 0 Å². The maximum absolute atomic E-state index is 2.51. The minimum absolute atomic E-state index is 0.741. The van der Waals surface area contributed by atoms with Gasteiger partial charge in [-0.25, -0.2) is 0 Å². The summed E-state index contributed by atoms with van der Waals surface area (Å²) >= 11 is 0. The second-order valence-corrected chi connectivity index (χ2v) is 5.02. The van der Waals surface area contributed by atoms with Crippen molar-refractivity contribution in [2.45, 2.75) is 46.5 Å². The van der Waals surface area contributed by atoms with E-state index in [-0.39, 0.29) is 0 Å². The number of hydrogen-bond donors (Lipinski definition) is 0. The molecule has 0 N–H and O–H groups in total. The van der Waals surface area contributed by atoms with E-state index in [1.54, 1.807) is 0 Å². The Kier molecular flexibility index (Phi) is 1.56. The van der Waals surface area contributed by atoms with Crippen LogP contribution in [-0.4, -0.2) is 0 Å². The fourth-order valence-corrected chi connectivity index (χ4v) is 3.62. The van der Waals surface area contributed by atoms with Crippen molar-refractivity contribution in [2.24, 2.45) is 23.2 Å². The summed E-state index contributed by atoms with van der Waals surface area (Å²) in [7, 11) is 0. The van der Waals surface area contributed by atoms with E-state index in [9.17, 15) is 0 Å². The summed E-state index contributed by atoms with van der Waals surface area (Å²) in [5.74, 6) is 3.18. The van der Waals surface area contributed by atoms with Gasteiger partial charge in [-0.3, -0.25) is 0 Å². The normalized spacial score (nSPS) is 55.4. The van der Waals surface area contributed by atoms with E-state index in [4.69, 9.17) is 0 Å². The summed E-state index contributed by atoms with van der Waals surface area (Å²) in [5.41, 5.74) is 0.741. The van der Waals surface area contributed by atoms with Gasteiger partial charge in [-0.2, -0.15) is 0 Å². The van der Waals surface area contributed by atoms with E-state index >= 15 is 0 Å². The molecule has 0 aromatic heterocycles. The predicted molar refractivity (Wildman–Crippen MR) is 48.4 cm³/mol. The molecule has 4 unspecified atom stereocenters. The van der Waals surface area contributed by atoms with Crippen molar-refractivity contribution in [3.63, 3.8) is 0 Å². The Hall–Kier alpha value is 0. The summed E-state index contributed by atoms with van der Waals surface area (Å²) in [6, 6.07) is 0. The van der Waals surface area contributed by atoms with Crippen molar-refractivity contribution >= 4 is 0 Å². The zero-order valence-corrected chi connectivity index (χ0v) is 8.06. The Balaban J connectivity index is 2.19. The van der Waals surface area contributed by atoms with Crippen LogP contribution in [0.2, 0.25) is 0 Å². The highest BCUT2D eigenvalue weighted by atomic mass is 14.6. The molecule has 0 heteroatoms. The predicted octanol–water partition coefficient (Wildman–Crippen LogP) is 3.47. The summed E-state index contributed by atoms with van der Waals surface area (Å²) in [6.07, 6.45) is 5.98. The molecule has 0 spiro atoms. The summed E-state index contributed by atoms with van der Waals surface area (Å²) in [4.78, 5) is 0. The third-order valence-electron chi connectivity index (χ3n) is 4.65. The molecular weight excluding hydrogens is 132 g/mol. The molecular formula is C11H20. The minimum Gasteiger partial charge on any atom is -0.0651 e. The molecule has 2 fully saturated rings. The highest BCUT2D eigenvalue weighted by molar-refractivity contribution is 5.01. The highest BCUT2D eigenvalue weighted by Crippen LogP contribution is 2.61. The molecule has 2 aliphatic rings. The molecule has 2 aliphatic carbocycles. The molecule has 4 atom stereocenters. The average Bonchev–Trinajstić information content (AvgIpc) is 2.40. The fourth-order valence-electron chi connectivity index (χ4n) is 3.62. The van der Waals surface area contributed by atoms with Crippen LogP contribution in [0.3, 0.4) is 0 Å². The first-order valence-electron chi connectivity index (χ1n) is 5.17. The number of fused-ring (bicyclic) bond motifs is 2. The maximum Gasteiger partial charge on any atom is -0.0295 e. The molecule has 0 heterocycles. The summed E-state index contributed by atoms with van der Waals surface area (Å²) in [5, 5.41) is 0. The van der Waals surface area contributed by atoms with Crippen LogP contribution in [0.1, 0.15) is 46.5 Å². The Bertz CT molecular complexity index is 161. The SMILES string of the molecule is CCC1CC2(C)CCC1C2C.